The summed E-state index contributed by atoms with van der Waals surface area (Å²) in [6, 6.07) is 0. The molecule has 0 radical (unpaired) electrons. The quantitative estimate of drug-likeness (QED) is 0.799. The van der Waals surface area contributed by atoms with Crippen LogP contribution in [0.1, 0.15) is 66.7 Å². The molecule has 0 spiro atoms. The van der Waals surface area contributed by atoms with Crippen LogP contribution in [0.5, 0.6) is 0 Å². The van der Waals surface area contributed by atoms with E-state index in [2.05, 4.69) is 20.8 Å². The Morgan fingerprint density at radius 1 is 1.12 bits per heavy atom. The van der Waals surface area contributed by atoms with Gasteiger partial charge in [-0.05, 0) is 49.4 Å². The highest BCUT2D eigenvalue weighted by Gasteiger charge is 2.62. The second-order valence-corrected chi connectivity index (χ2v) is 8.71. The Hall–Kier alpha value is -1.10. The zero-order valence-corrected chi connectivity index (χ0v) is 15.8. The van der Waals surface area contributed by atoms with Gasteiger partial charge < -0.3 is 14.6 Å². The number of ether oxygens (including phenoxy) is 2. The lowest BCUT2D eigenvalue weighted by Gasteiger charge is -2.62. The fraction of sp³-hybridized carbons (Fsp3) is 0.895. The molecule has 2 aliphatic rings. The number of hydrogen-bond donors (Lipinski definition) is 1. The maximum Gasteiger partial charge on any atom is 0.305 e. The third-order valence-corrected chi connectivity index (χ3v) is 6.95. The number of methoxy groups -OCH3 is 1. The average Bonchev–Trinajstić information content (AvgIpc) is 2.46. The number of aliphatic hydroxyl groups is 1. The number of carbonyl (C=O) groups excluding carboxylic acids is 2. The van der Waals surface area contributed by atoms with Gasteiger partial charge in [-0.1, -0.05) is 20.8 Å². The molecule has 0 unspecified atom stereocenters. The van der Waals surface area contributed by atoms with Gasteiger partial charge in [0.15, 0.2) is 0 Å². The molecule has 5 nitrogen and oxygen atoms in total. The molecule has 1 N–H and O–H groups in total. The van der Waals surface area contributed by atoms with Crippen molar-refractivity contribution in [2.75, 3.05) is 7.11 Å². The summed E-state index contributed by atoms with van der Waals surface area (Å²) in [6.45, 7) is 9.79. The van der Waals surface area contributed by atoms with E-state index in [0.717, 1.165) is 12.8 Å². The van der Waals surface area contributed by atoms with E-state index in [4.69, 9.17) is 9.47 Å². The summed E-state index contributed by atoms with van der Waals surface area (Å²) < 4.78 is 10.7. The molecule has 5 atom stereocenters. The highest BCUT2D eigenvalue weighted by molar-refractivity contribution is 5.70. The molecule has 24 heavy (non-hydrogen) atoms. The van der Waals surface area contributed by atoms with Gasteiger partial charge in [-0.25, -0.2) is 0 Å². The predicted molar refractivity (Wildman–Crippen MR) is 90.1 cm³/mol. The van der Waals surface area contributed by atoms with E-state index in [0.29, 0.717) is 12.8 Å². The maximum absolute atomic E-state index is 12.1. The third-order valence-electron chi connectivity index (χ3n) is 6.95. The van der Waals surface area contributed by atoms with Crippen molar-refractivity contribution >= 4 is 11.9 Å². The average molecular weight is 340 g/mol. The van der Waals surface area contributed by atoms with Crippen LogP contribution in [0.4, 0.5) is 0 Å². The van der Waals surface area contributed by atoms with Crippen LogP contribution >= 0.6 is 0 Å². The number of rotatable bonds is 3. The second-order valence-electron chi connectivity index (χ2n) is 8.71. The lowest BCUT2D eigenvalue weighted by molar-refractivity contribution is -0.215. The van der Waals surface area contributed by atoms with E-state index >= 15 is 0 Å². The Bertz CT molecular complexity index is 514. The molecule has 5 heteroatoms. The number of hydrogen-bond acceptors (Lipinski definition) is 5. The van der Waals surface area contributed by atoms with Crippen LogP contribution in [0.15, 0.2) is 0 Å². The van der Waals surface area contributed by atoms with Gasteiger partial charge in [0.2, 0.25) is 0 Å². The van der Waals surface area contributed by atoms with Crippen LogP contribution < -0.4 is 0 Å². The molecule has 2 saturated carbocycles. The Labute approximate surface area is 145 Å². The smallest absolute Gasteiger partial charge is 0.305 e. The highest BCUT2D eigenvalue weighted by Crippen LogP contribution is 2.63. The molecule has 0 amide bonds. The fourth-order valence-electron chi connectivity index (χ4n) is 5.65. The van der Waals surface area contributed by atoms with Gasteiger partial charge in [0.25, 0.3) is 0 Å². The molecule has 2 fully saturated rings. The summed E-state index contributed by atoms with van der Waals surface area (Å²) in [5, 5.41) is 10.5. The minimum atomic E-state index is -0.677. The number of esters is 2. The normalized spacial score (nSPS) is 41.2. The van der Waals surface area contributed by atoms with Crippen molar-refractivity contribution in [1.29, 1.82) is 0 Å². The third kappa shape index (κ3) is 3.07. The van der Waals surface area contributed by atoms with Crippen LogP contribution in [0.25, 0.3) is 0 Å². The van der Waals surface area contributed by atoms with Gasteiger partial charge in [-0.2, -0.15) is 0 Å². The molecular formula is C19H32O5. The molecule has 0 saturated heterocycles. The molecule has 0 aromatic rings. The van der Waals surface area contributed by atoms with E-state index in [1.54, 1.807) is 0 Å². The predicted octanol–water partition coefficient (Wildman–Crippen LogP) is 3.08. The first kappa shape index (κ1) is 19.2. The Morgan fingerprint density at radius 3 is 2.29 bits per heavy atom. The van der Waals surface area contributed by atoms with Crippen molar-refractivity contribution in [3.8, 4) is 0 Å². The van der Waals surface area contributed by atoms with Gasteiger partial charge in [0.05, 0.1) is 19.6 Å². The first-order chi connectivity index (χ1) is 11.0. The van der Waals surface area contributed by atoms with Gasteiger partial charge >= 0.3 is 11.9 Å². The Balaban J connectivity index is 2.45. The van der Waals surface area contributed by atoms with E-state index in [-0.39, 0.29) is 47.1 Å². The van der Waals surface area contributed by atoms with Crippen molar-refractivity contribution in [2.24, 2.45) is 22.7 Å². The molecule has 0 aromatic heterocycles. The summed E-state index contributed by atoms with van der Waals surface area (Å²) >= 11 is 0. The summed E-state index contributed by atoms with van der Waals surface area (Å²) in [4.78, 5) is 23.8. The van der Waals surface area contributed by atoms with E-state index in [1.165, 1.54) is 14.0 Å². The topological polar surface area (TPSA) is 72.8 Å². The summed E-state index contributed by atoms with van der Waals surface area (Å²) in [7, 11) is 1.39. The number of carbonyl (C=O) groups is 2. The van der Waals surface area contributed by atoms with Gasteiger partial charge in [-0.3, -0.25) is 9.59 Å². The van der Waals surface area contributed by atoms with Crippen LogP contribution in [0, 0.1) is 22.7 Å². The second kappa shape index (κ2) is 6.32. The molecule has 138 valence electrons. The summed E-state index contributed by atoms with van der Waals surface area (Å²) in [5.74, 6) is -0.437. The van der Waals surface area contributed by atoms with E-state index in [1.807, 2.05) is 6.92 Å². The molecule has 2 rings (SSSR count). The molecule has 2 aliphatic carbocycles. The van der Waals surface area contributed by atoms with Gasteiger partial charge in [0, 0.05) is 12.8 Å². The molecule has 0 heterocycles. The number of fused-ring (bicyclic) bond motifs is 1. The first-order valence-electron chi connectivity index (χ1n) is 8.92. The van der Waals surface area contributed by atoms with Crippen molar-refractivity contribution < 1.29 is 24.2 Å². The fourth-order valence-corrected chi connectivity index (χ4v) is 5.65. The SMILES string of the molecule is COC(=O)C[C@@H]1[C@@]2(C)CC[C@@H](O)C(C)(C)[C@@H]2CC[C@@]1(C)OC(C)=O. The first-order valence-corrected chi connectivity index (χ1v) is 8.92. The standard InChI is InChI=1S/C19H32O5/c1-12(20)24-19(5)10-7-13-17(2,3)15(21)8-9-18(13,4)14(19)11-16(22)23-6/h13-15,21H,7-11H2,1-6H3/t13-,14+,15+,18-,19+/m0/s1. The minimum Gasteiger partial charge on any atom is -0.469 e. The van der Waals surface area contributed by atoms with Crippen LogP contribution in [-0.4, -0.2) is 35.9 Å². The molecule has 0 aliphatic heterocycles. The van der Waals surface area contributed by atoms with Gasteiger partial charge in [0.1, 0.15) is 5.60 Å². The van der Waals surface area contributed by atoms with E-state index < -0.39 is 5.60 Å². The monoisotopic (exact) mass is 340 g/mol. The minimum absolute atomic E-state index is 0.119. The van der Waals surface area contributed by atoms with Crippen LogP contribution in [0.2, 0.25) is 0 Å². The molecule has 0 bridgehead atoms. The largest absolute Gasteiger partial charge is 0.469 e. The van der Waals surface area contributed by atoms with E-state index in [9.17, 15) is 14.7 Å². The highest BCUT2D eigenvalue weighted by atomic mass is 16.6. The lowest BCUT2D eigenvalue weighted by atomic mass is 9.44. The summed E-state index contributed by atoms with van der Waals surface area (Å²) in [5.41, 5.74) is -1.08. The molecule has 0 aromatic carbocycles. The molecular weight excluding hydrogens is 308 g/mol. The number of aliphatic hydroxyl groups excluding tert-OH is 1. The zero-order chi connectivity index (χ0) is 18.3. The van der Waals surface area contributed by atoms with Crippen molar-refractivity contribution in [2.45, 2.75) is 78.4 Å². The van der Waals surface area contributed by atoms with Crippen molar-refractivity contribution in [1.82, 2.24) is 0 Å². The van der Waals surface area contributed by atoms with Gasteiger partial charge in [-0.15, -0.1) is 0 Å². The Kier molecular flexibility index (Phi) is 5.06. The van der Waals surface area contributed by atoms with Crippen molar-refractivity contribution in [3.63, 3.8) is 0 Å². The Morgan fingerprint density at radius 2 is 1.75 bits per heavy atom. The van der Waals surface area contributed by atoms with Crippen LogP contribution in [0.3, 0.4) is 0 Å². The zero-order valence-electron chi connectivity index (χ0n) is 15.8. The van der Waals surface area contributed by atoms with Crippen LogP contribution in [-0.2, 0) is 19.1 Å². The van der Waals surface area contributed by atoms with Crippen molar-refractivity contribution in [3.05, 3.63) is 0 Å². The lowest BCUT2D eigenvalue weighted by Crippen LogP contribution is -2.61. The maximum atomic E-state index is 12.1. The summed E-state index contributed by atoms with van der Waals surface area (Å²) in [6.07, 6.45) is 2.99.